The molecule has 0 spiro atoms. The molecule has 0 amide bonds. The fourth-order valence-corrected chi connectivity index (χ4v) is 3.47. The molecule has 0 bridgehead atoms. The molecule has 1 rings (SSSR count). The third kappa shape index (κ3) is 4.60. The molecule has 0 fully saturated rings. The lowest BCUT2D eigenvalue weighted by atomic mass is 9.93. The molecule has 0 aromatic heterocycles. The van der Waals surface area contributed by atoms with Crippen LogP contribution in [0.4, 0.5) is 0 Å². The Kier molecular flexibility index (Phi) is 5.28. The van der Waals surface area contributed by atoms with E-state index in [1.165, 1.54) is 12.1 Å². The molecule has 20 heavy (non-hydrogen) atoms. The average Bonchev–Trinajstić information content (AvgIpc) is 2.35. The fraction of sp³-hybridized carbons (Fsp3) is 0.500. The number of nitrogens with one attached hydrogen (secondary N) is 1. The summed E-state index contributed by atoms with van der Waals surface area (Å²) in [5, 5.41) is 8.98. The lowest BCUT2D eigenvalue weighted by Crippen LogP contribution is -2.40. The molecule has 110 valence electrons. The lowest BCUT2D eigenvalue weighted by Gasteiger charge is -2.28. The summed E-state index contributed by atoms with van der Waals surface area (Å²) in [6, 6.07) is 8.11. The molecule has 0 radical (unpaired) electrons. The van der Waals surface area contributed by atoms with Gasteiger partial charge >= 0.3 is 0 Å². The number of nitrogens with zero attached hydrogens (tertiary/aromatic N) is 2. The number of hydrogen-bond donors (Lipinski definition) is 1. The van der Waals surface area contributed by atoms with Crippen molar-refractivity contribution < 1.29 is 8.42 Å². The first-order chi connectivity index (χ1) is 9.18. The predicted octanol–water partition coefficient (Wildman–Crippen LogP) is 1.42. The van der Waals surface area contributed by atoms with E-state index in [2.05, 4.69) is 4.72 Å². The molecule has 0 aliphatic rings. The number of rotatable bonds is 6. The van der Waals surface area contributed by atoms with Gasteiger partial charge in [0.25, 0.3) is 0 Å². The highest BCUT2D eigenvalue weighted by molar-refractivity contribution is 7.89. The van der Waals surface area contributed by atoms with Gasteiger partial charge < -0.3 is 4.90 Å². The highest BCUT2D eigenvalue weighted by atomic mass is 32.2. The summed E-state index contributed by atoms with van der Waals surface area (Å²) in [5.74, 6) is 0. The monoisotopic (exact) mass is 295 g/mol. The number of nitriles is 1. The maximum Gasteiger partial charge on any atom is 0.241 e. The van der Waals surface area contributed by atoms with Crippen molar-refractivity contribution in [3.63, 3.8) is 0 Å². The quantitative estimate of drug-likeness (QED) is 0.861. The summed E-state index contributed by atoms with van der Waals surface area (Å²) in [5.41, 5.74) is -0.0385. The van der Waals surface area contributed by atoms with Gasteiger partial charge in [-0.1, -0.05) is 26.0 Å². The first-order valence-corrected chi connectivity index (χ1v) is 7.80. The van der Waals surface area contributed by atoms with E-state index in [1.54, 1.807) is 12.1 Å². The van der Waals surface area contributed by atoms with Crippen molar-refractivity contribution in [2.24, 2.45) is 5.41 Å². The Morgan fingerprint density at radius 2 is 1.90 bits per heavy atom. The lowest BCUT2D eigenvalue weighted by molar-refractivity contribution is 0.242. The van der Waals surface area contributed by atoms with E-state index >= 15 is 0 Å². The number of sulfonamides is 1. The fourth-order valence-electron chi connectivity index (χ4n) is 2.07. The number of benzene rings is 1. The van der Waals surface area contributed by atoms with Gasteiger partial charge in [-0.2, -0.15) is 5.26 Å². The molecule has 0 heterocycles. The second-order valence-electron chi connectivity index (χ2n) is 5.83. The van der Waals surface area contributed by atoms with Crippen molar-refractivity contribution in [1.82, 2.24) is 9.62 Å². The SMILES string of the molecule is CN(C)CC(C)(C)CNS(=O)(=O)c1ccccc1C#N. The van der Waals surface area contributed by atoms with Crippen molar-refractivity contribution in [1.29, 1.82) is 5.26 Å². The van der Waals surface area contributed by atoms with Crippen LogP contribution in [0, 0.1) is 16.7 Å². The Morgan fingerprint density at radius 1 is 1.30 bits per heavy atom. The van der Waals surface area contributed by atoms with Gasteiger partial charge in [-0.15, -0.1) is 0 Å². The van der Waals surface area contributed by atoms with Crippen molar-refractivity contribution in [2.75, 3.05) is 27.2 Å². The van der Waals surface area contributed by atoms with Gasteiger partial charge in [-0.3, -0.25) is 0 Å². The van der Waals surface area contributed by atoms with Gasteiger partial charge in [0.15, 0.2) is 0 Å². The molecule has 1 aromatic carbocycles. The highest BCUT2D eigenvalue weighted by Gasteiger charge is 2.24. The Morgan fingerprint density at radius 3 is 2.45 bits per heavy atom. The van der Waals surface area contributed by atoms with Crippen LogP contribution in [0.15, 0.2) is 29.2 Å². The Balaban J connectivity index is 2.89. The first kappa shape index (κ1) is 16.6. The van der Waals surface area contributed by atoms with Gasteiger partial charge in [0.05, 0.1) is 10.5 Å². The zero-order valence-electron chi connectivity index (χ0n) is 12.3. The topological polar surface area (TPSA) is 73.2 Å². The van der Waals surface area contributed by atoms with Crippen LogP contribution in [0.1, 0.15) is 19.4 Å². The Labute approximate surface area is 121 Å². The van der Waals surface area contributed by atoms with E-state index in [-0.39, 0.29) is 15.9 Å². The van der Waals surface area contributed by atoms with E-state index in [4.69, 9.17) is 5.26 Å². The molecular formula is C14H21N3O2S. The molecule has 5 nitrogen and oxygen atoms in total. The summed E-state index contributed by atoms with van der Waals surface area (Å²) >= 11 is 0. The minimum atomic E-state index is -3.66. The van der Waals surface area contributed by atoms with E-state index in [1.807, 2.05) is 38.9 Å². The molecule has 0 aliphatic heterocycles. The molecule has 0 saturated heterocycles. The van der Waals surface area contributed by atoms with Crippen LogP contribution in [0.2, 0.25) is 0 Å². The Bertz CT molecular complexity index is 601. The summed E-state index contributed by atoms with van der Waals surface area (Å²) in [6.45, 7) is 5.06. The normalized spacial score (nSPS) is 12.4. The van der Waals surface area contributed by atoms with Gasteiger partial charge in [0.2, 0.25) is 10.0 Å². The largest absolute Gasteiger partial charge is 0.309 e. The van der Waals surface area contributed by atoms with Crippen LogP contribution in [-0.4, -0.2) is 40.5 Å². The molecule has 0 unspecified atom stereocenters. The maximum atomic E-state index is 12.3. The van der Waals surface area contributed by atoms with Gasteiger partial charge in [-0.05, 0) is 31.6 Å². The zero-order valence-corrected chi connectivity index (χ0v) is 13.2. The molecule has 0 aliphatic carbocycles. The molecular weight excluding hydrogens is 274 g/mol. The first-order valence-electron chi connectivity index (χ1n) is 6.31. The van der Waals surface area contributed by atoms with Gasteiger partial charge in [-0.25, -0.2) is 13.1 Å². The van der Waals surface area contributed by atoms with E-state index in [9.17, 15) is 8.42 Å². The third-order valence-electron chi connectivity index (χ3n) is 2.78. The Hall–Kier alpha value is -1.42. The maximum absolute atomic E-state index is 12.3. The summed E-state index contributed by atoms with van der Waals surface area (Å²) in [7, 11) is 0.228. The van der Waals surface area contributed by atoms with E-state index in [0.29, 0.717) is 6.54 Å². The predicted molar refractivity (Wildman–Crippen MR) is 78.7 cm³/mol. The standard InChI is InChI=1S/C14H21N3O2S/c1-14(2,11-17(3)4)10-16-20(18,19)13-8-6-5-7-12(13)9-15/h5-8,16H,10-11H2,1-4H3. The van der Waals surface area contributed by atoms with Crippen molar-refractivity contribution in [2.45, 2.75) is 18.7 Å². The second kappa shape index (κ2) is 6.35. The van der Waals surface area contributed by atoms with Crippen molar-refractivity contribution in [3.8, 4) is 6.07 Å². The average molecular weight is 295 g/mol. The van der Waals surface area contributed by atoms with E-state index < -0.39 is 10.0 Å². The molecule has 0 saturated carbocycles. The highest BCUT2D eigenvalue weighted by Crippen LogP contribution is 2.18. The minimum Gasteiger partial charge on any atom is -0.309 e. The van der Waals surface area contributed by atoms with Gasteiger partial charge in [0.1, 0.15) is 6.07 Å². The van der Waals surface area contributed by atoms with Crippen LogP contribution in [0.5, 0.6) is 0 Å². The van der Waals surface area contributed by atoms with Crippen LogP contribution in [0.3, 0.4) is 0 Å². The van der Waals surface area contributed by atoms with Gasteiger partial charge in [0, 0.05) is 13.1 Å². The minimum absolute atomic E-state index is 0.0307. The van der Waals surface area contributed by atoms with Crippen molar-refractivity contribution >= 4 is 10.0 Å². The molecule has 6 heteroatoms. The molecule has 1 aromatic rings. The number of hydrogen-bond acceptors (Lipinski definition) is 4. The summed E-state index contributed by atoms with van der Waals surface area (Å²) in [4.78, 5) is 2.04. The van der Waals surface area contributed by atoms with Crippen LogP contribution in [0.25, 0.3) is 0 Å². The van der Waals surface area contributed by atoms with Crippen molar-refractivity contribution in [3.05, 3.63) is 29.8 Å². The molecule has 0 atom stereocenters. The summed E-state index contributed by atoms with van der Waals surface area (Å²) in [6.07, 6.45) is 0. The van der Waals surface area contributed by atoms with Crippen LogP contribution in [-0.2, 0) is 10.0 Å². The van der Waals surface area contributed by atoms with Crippen LogP contribution < -0.4 is 4.72 Å². The third-order valence-corrected chi connectivity index (χ3v) is 4.24. The molecule has 1 N–H and O–H groups in total. The van der Waals surface area contributed by atoms with Crippen LogP contribution >= 0.6 is 0 Å². The second-order valence-corrected chi connectivity index (χ2v) is 7.57. The van der Waals surface area contributed by atoms with E-state index in [0.717, 1.165) is 6.54 Å². The smallest absolute Gasteiger partial charge is 0.241 e. The summed E-state index contributed by atoms with van der Waals surface area (Å²) < 4.78 is 27.1. The zero-order chi connectivity index (χ0) is 15.4.